The van der Waals surface area contributed by atoms with E-state index in [9.17, 15) is 13.2 Å². The van der Waals surface area contributed by atoms with E-state index in [1.54, 1.807) is 24.3 Å². The zero-order valence-electron chi connectivity index (χ0n) is 15.7. The molecule has 0 heterocycles. The van der Waals surface area contributed by atoms with Gasteiger partial charge in [-0.15, -0.1) is 0 Å². The molecule has 0 saturated heterocycles. The maximum absolute atomic E-state index is 12.7. The van der Waals surface area contributed by atoms with Crippen LogP contribution >= 0.6 is 15.9 Å². The maximum atomic E-state index is 12.7. The van der Waals surface area contributed by atoms with Crippen LogP contribution < -0.4 is 9.62 Å². The number of rotatable bonds is 8. The highest BCUT2D eigenvalue weighted by molar-refractivity contribution is 9.10. The molecule has 0 radical (unpaired) electrons. The van der Waals surface area contributed by atoms with Gasteiger partial charge in [0, 0.05) is 4.47 Å². The van der Waals surface area contributed by atoms with Crippen molar-refractivity contribution in [1.29, 1.82) is 0 Å². The third-order valence-electron chi connectivity index (χ3n) is 4.03. The molecule has 7 heteroatoms. The Kier molecular flexibility index (Phi) is 7.44. The summed E-state index contributed by atoms with van der Waals surface area (Å²) in [5.41, 5.74) is 1.45. The number of carbonyl (C=O) groups excluding carboxylic acids is 1. The lowest BCUT2D eigenvalue weighted by molar-refractivity contribution is -0.120. The fourth-order valence-corrected chi connectivity index (χ4v) is 4.07. The van der Waals surface area contributed by atoms with Crippen LogP contribution in [0, 0.1) is 5.92 Å². The fourth-order valence-electron chi connectivity index (χ4n) is 2.84. The number of nitrogens with one attached hydrogen (secondary N) is 1. The second-order valence-corrected chi connectivity index (χ2v) is 9.73. The van der Waals surface area contributed by atoms with Crippen LogP contribution in [0.2, 0.25) is 0 Å². The SMILES string of the molecule is CC(C)CC(NC(=O)CN(c1cccc(Br)c1)S(C)(=O)=O)c1ccccc1. The van der Waals surface area contributed by atoms with E-state index in [1.165, 1.54) is 0 Å². The average molecular weight is 453 g/mol. The van der Waals surface area contributed by atoms with Crippen LogP contribution in [0.1, 0.15) is 31.9 Å². The number of carbonyl (C=O) groups is 1. The van der Waals surface area contributed by atoms with Crippen molar-refractivity contribution in [3.05, 3.63) is 64.6 Å². The van der Waals surface area contributed by atoms with Crippen molar-refractivity contribution in [2.24, 2.45) is 5.92 Å². The van der Waals surface area contributed by atoms with Crippen LogP contribution in [-0.4, -0.2) is 27.1 Å². The summed E-state index contributed by atoms with van der Waals surface area (Å²) >= 11 is 3.34. The molecule has 146 valence electrons. The number of hydrogen-bond acceptors (Lipinski definition) is 3. The van der Waals surface area contributed by atoms with Gasteiger partial charge >= 0.3 is 0 Å². The summed E-state index contributed by atoms with van der Waals surface area (Å²) in [4.78, 5) is 12.7. The third-order valence-corrected chi connectivity index (χ3v) is 5.66. The molecule has 0 spiro atoms. The average Bonchev–Trinajstić information content (AvgIpc) is 2.58. The molecule has 0 bridgehead atoms. The minimum absolute atomic E-state index is 0.164. The summed E-state index contributed by atoms with van der Waals surface area (Å²) in [5, 5.41) is 2.99. The molecular weight excluding hydrogens is 428 g/mol. The molecule has 0 aliphatic heterocycles. The lowest BCUT2D eigenvalue weighted by atomic mass is 9.97. The molecule has 5 nitrogen and oxygen atoms in total. The number of nitrogens with zero attached hydrogens (tertiary/aromatic N) is 1. The van der Waals surface area contributed by atoms with Gasteiger partial charge in [-0.25, -0.2) is 8.42 Å². The molecule has 0 fully saturated rings. The summed E-state index contributed by atoms with van der Waals surface area (Å²) < 4.78 is 26.3. The highest BCUT2D eigenvalue weighted by Gasteiger charge is 2.23. The van der Waals surface area contributed by atoms with Crippen molar-refractivity contribution >= 4 is 37.5 Å². The zero-order valence-corrected chi connectivity index (χ0v) is 18.1. The van der Waals surface area contributed by atoms with E-state index in [1.807, 2.05) is 30.3 Å². The second-order valence-electron chi connectivity index (χ2n) is 6.91. The Hall–Kier alpha value is -1.86. The monoisotopic (exact) mass is 452 g/mol. The van der Waals surface area contributed by atoms with Crippen LogP contribution in [-0.2, 0) is 14.8 Å². The van der Waals surface area contributed by atoms with E-state index >= 15 is 0 Å². The molecule has 1 unspecified atom stereocenters. The lowest BCUT2D eigenvalue weighted by Gasteiger charge is -2.25. The Labute approximate surface area is 170 Å². The van der Waals surface area contributed by atoms with E-state index < -0.39 is 10.0 Å². The van der Waals surface area contributed by atoms with Gasteiger partial charge in [-0.05, 0) is 36.1 Å². The van der Waals surface area contributed by atoms with E-state index in [0.717, 1.165) is 27.0 Å². The lowest BCUT2D eigenvalue weighted by Crippen LogP contribution is -2.41. The Morgan fingerprint density at radius 1 is 1.11 bits per heavy atom. The predicted molar refractivity (Wildman–Crippen MR) is 113 cm³/mol. The van der Waals surface area contributed by atoms with Gasteiger partial charge in [-0.2, -0.15) is 0 Å². The molecule has 0 aliphatic rings. The van der Waals surface area contributed by atoms with E-state index in [-0.39, 0.29) is 18.5 Å². The van der Waals surface area contributed by atoms with Gasteiger partial charge in [-0.3, -0.25) is 9.10 Å². The number of sulfonamides is 1. The first-order chi connectivity index (χ1) is 12.7. The van der Waals surface area contributed by atoms with Crippen molar-refractivity contribution in [2.45, 2.75) is 26.3 Å². The minimum atomic E-state index is -3.60. The van der Waals surface area contributed by atoms with Gasteiger partial charge in [0.15, 0.2) is 0 Å². The second kappa shape index (κ2) is 9.37. The van der Waals surface area contributed by atoms with Crippen molar-refractivity contribution in [3.8, 4) is 0 Å². The van der Waals surface area contributed by atoms with Crippen LogP contribution in [0.5, 0.6) is 0 Å². The maximum Gasteiger partial charge on any atom is 0.241 e. The van der Waals surface area contributed by atoms with Crippen molar-refractivity contribution in [1.82, 2.24) is 5.32 Å². The number of halogens is 1. The molecule has 0 aromatic heterocycles. The first-order valence-electron chi connectivity index (χ1n) is 8.74. The first-order valence-corrected chi connectivity index (χ1v) is 11.4. The molecule has 2 aromatic rings. The Balaban J connectivity index is 2.21. The first kappa shape index (κ1) is 21.4. The summed E-state index contributed by atoms with van der Waals surface area (Å²) in [7, 11) is -3.60. The highest BCUT2D eigenvalue weighted by atomic mass is 79.9. The topological polar surface area (TPSA) is 66.5 Å². The molecule has 27 heavy (non-hydrogen) atoms. The largest absolute Gasteiger partial charge is 0.348 e. The van der Waals surface area contributed by atoms with E-state index in [2.05, 4.69) is 35.1 Å². The number of benzene rings is 2. The number of amides is 1. The number of hydrogen-bond donors (Lipinski definition) is 1. The Morgan fingerprint density at radius 3 is 2.33 bits per heavy atom. The molecule has 1 atom stereocenters. The fraction of sp³-hybridized carbons (Fsp3) is 0.350. The molecule has 2 rings (SSSR count). The molecule has 1 amide bonds. The van der Waals surface area contributed by atoms with Gasteiger partial charge in [-0.1, -0.05) is 66.2 Å². The molecule has 0 saturated carbocycles. The number of anilines is 1. The normalized spacial score (nSPS) is 12.6. The predicted octanol–water partition coefficient (Wildman–Crippen LogP) is 4.12. The molecule has 1 N–H and O–H groups in total. The standard InChI is InChI=1S/C20H25BrN2O3S/c1-15(2)12-19(16-8-5-4-6-9-16)22-20(24)14-23(27(3,25)26)18-11-7-10-17(21)13-18/h4-11,13,15,19H,12,14H2,1-3H3,(H,22,24). The van der Waals surface area contributed by atoms with Crippen molar-refractivity contribution < 1.29 is 13.2 Å². The van der Waals surface area contributed by atoms with Crippen LogP contribution in [0.25, 0.3) is 0 Å². The van der Waals surface area contributed by atoms with E-state index in [4.69, 9.17) is 0 Å². The van der Waals surface area contributed by atoms with Gasteiger partial charge in [0.25, 0.3) is 0 Å². The summed E-state index contributed by atoms with van der Waals surface area (Å²) in [6.45, 7) is 3.91. The van der Waals surface area contributed by atoms with Crippen LogP contribution in [0.15, 0.2) is 59.1 Å². The van der Waals surface area contributed by atoms with E-state index in [0.29, 0.717) is 11.6 Å². The molecule has 2 aromatic carbocycles. The highest BCUT2D eigenvalue weighted by Crippen LogP contribution is 2.23. The van der Waals surface area contributed by atoms with Crippen molar-refractivity contribution in [2.75, 3.05) is 17.1 Å². The Morgan fingerprint density at radius 2 is 1.78 bits per heavy atom. The van der Waals surface area contributed by atoms with Gasteiger partial charge in [0.05, 0.1) is 18.0 Å². The van der Waals surface area contributed by atoms with Crippen LogP contribution in [0.3, 0.4) is 0 Å². The van der Waals surface area contributed by atoms with Gasteiger partial charge in [0.2, 0.25) is 15.9 Å². The summed E-state index contributed by atoms with van der Waals surface area (Å²) in [6.07, 6.45) is 1.87. The Bertz CT molecular complexity index is 870. The smallest absolute Gasteiger partial charge is 0.241 e. The zero-order chi connectivity index (χ0) is 20.0. The summed E-state index contributed by atoms with van der Waals surface area (Å²) in [5.74, 6) is 0.0431. The molecule has 0 aliphatic carbocycles. The van der Waals surface area contributed by atoms with Crippen LogP contribution in [0.4, 0.5) is 5.69 Å². The van der Waals surface area contributed by atoms with Gasteiger partial charge in [0.1, 0.15) is 6.54 Å². The van der Waals surface area contributed by atoms with Crippen molar-refractivity contribution in [3.63, 3.8) is 0 Å². The quantitative estimate of drug-likeness (QED) is 0.654. The minimum Gasteiger partial charge on any atom is -0.348 e. The van der Waals surface area contributed by atoms with Gasteiger partial charge < -0.3 is 5.32 Å². The molecular formula is C20H25BrN2O3S. The third kappa shape index (κ3) is 6.66. The summed E-state index contributed by atoms with van der Waals surface area (Å²) in [6, 6.07) is 16.4.